The number of fused-ring (bicyclic) bond motifs is 10. The van der Waals surface area contributed by atoms with E-state index in [-0.39, 0.29) is 5.41 Å². The van der Waals surface area contributed by atoms with Crippen LogP contribution in [0, 0.1) is 0 Å². The van der Waals surface area contributed by atoms with Crippen LogP contribution >= 0.6 is 0 Å². The summed E-state index contributed by atoms with van der Waals surface area (Å²) in [4.78, 5) is 2.45. The quantitative estimate of drug-likeness (QED) is 0.183. The van der Waals surface area contributed by atoms with Crippen LogP contribution < -0.4 is 9.64 Å². The molecule has 0 aliphatic carbocycles. The number of para-hydroxylation sites is 6. The predicted molar refractivity (Wildman–Crippen MR) is 227 cm³/mol. The third-order valence-electron chi connectivity index (χ3n) is 12.1. The van der Waals surface area contributed by atoms with E-state index in [4.69, 9.17) is 4.74 Å². The van der Waals surface area contributed by atoms with E-state index in [1.54, 1.807) is 0 Å². The average molecular weight is 706 g/mol. The van der Waals surface area contributed by atoms with Gasteiger partial charge in [0.05, 0.1) is 39.1 Å². The summed E-state index contributed by atoms with van der Waals surface area (Å²) >= 11 is 0. The molecule has 4 heterocycles. The van der Waals surface area contributed by atoms with Gasteiger partial charge in [0.1, 0.15) is 0 Å². The van der Waals surface area contributed by atoms with Gasteiger partial charge in [-0.1, -0.05) is 111 Å². The van der Waals surface area contributed by atoms with Crippen molar-refractivity contribution in [1.29, 1.82) is 0 Å². The van der Waals surface area contributed by atoms with Crippen LogP contribution in [0.3, 0.4) is 0 Å². The third kappa shape index (κ3) is 4.17. The lowest BCUT2D eigenvalue weighted by atomic mass is 9.73. The van der Waals surface area contributed by atoms with Crippen molar-refractivity contribution < 1.29 is 4.74 Å². The molecule has 8 aromatic carbocycles. The van der Waals surface area contributed by atoms with Crippen LogP contribution in [0.4, 0.5) is 17.1 Å². The largest absolute Gasteiger partial charge is 0.453 e. The van der Waals surface area contributed by atoms with Crippen LogP contribution in [-0.4, -0.2) is 9.13 Å². The summed E-state index contributed by atoms with van der Waals surface area (Å²) in [7, 11) is 0. The summed E-state index contributed by atoms with van der Waals surface area (Å²) in [5.41, 5.74) is 15.5. The molecule has 2 aliphatic heterocycles. The van der Waals surface area contributed by atoms with Gasteiger partial charge >= 0.3 is 0 Å². The Hall–Kier alpha value is -7.04. The van der Waals surface area contributed by atoms with Crippen LogP contribution in [0.15, 0.2) is 176 Å². The normalized spacial score (nSPS) is 13.9. The molecule has 0 fully saturated rings. The van der Waals surface area contributed by atoms with E-state index < -0.39 is 0 Å². The summed E-state index contributed by atoms with van der Waals surface area (Å²) in [6, 6.07) is 64.0. The standard InChI is InChI=1S/C51H35N3O/c1-51(2)40-14-4-7-17-45(40)53(46-18-8-5-15-41(46)51)35-27-29-43-39(31-35)36-12-3-6-16-42(36)52(43)34-25-22-32(23-26-34)33-24-28-44-38(30-33)37-13-11-21-49-50(37)54(44)47-19-9-10-20-48(47)55-49/h3-31H,1-2H3. The van der Waals surface area contributed by atoms with Crippen molar-refractivity contribution in [3.05, 3.63) is 187 Å². The lowest BCUT2D eigenvalue weighted by Crippen LogP contribution is -2.30. The second-order valence-corrected chi connectivity index (χ2v) is 15.4. The van der Waals surface area contributed by atoms with E-state index in [1.807, 2.05) is 12.1 Å². The van der Waals surface area contributed by atoms with Crippen molar-refractivity contribution in [2.75, 3.05) is 4.90 Å². The van der Waals surface area contributed by atoms with Crippen LogP contribution in [0.1, 0.15) is 25.0 Å². The molecule has 2 aromatic heterocycles. The first-order valence-electron chi connectivity index (χ1n) is 19.0. The second kappa shape index (κ2) is 11.0. The number of nitrogens with zero attached hydrogens (tertiary/aromatic N) is 3. The maximum atomic E-state index is 6.35. The number of hydrogen-bond donors (Lipinski definition) is 0. The SMILES string of the molecule is CC1(C)c2ccccc2N(c2ccc3c(c2)c2ccccc2n3-c2ccc(-c3ccc4c(c3)c3cccc5c3n4-c3ccccc3O5)cc2)c2ccccc21. The van der Waals surface area contributed by atoms with E-state index in [1.165, 1.54) is 71.7 Å². The van der Waals surface area contributed by atoms with E-state index in [9.17, 15) is 0 Å². The van der Waals surface area contributed by atoms with Crippen LogP contribution in [0.5, 0.6) is 11.5 Å². The maximum Gasteiger partial charge on any atom is 0.152 e. The zero-order valence-corrected chi connectivity index (χ0v) is 30.5. The van der Waals surface area contributed by atoms with Crippen LogP contribution in [0.2, 0.25) is 0 Å². The van der Waals surface area contributed by atoms with Gasteiger partial charge in [-0.3, -0.25) is 0 Å². The molecule has 0 saturated carbocycles. The molecule has 0 unspecified atom stereocenters. The fourth-order valence-corrected chi connectivity index (χ4v) is 9.52. The van der Waals surface area contributed by atoms with Gasteiger partial charge in [0, 0.05) is 38.3 Å². The molecule has 4 nitrogen and oxygen atoms in total. The van der Waals surface area contributed by atoms with E-state index in [2.05, 4.69) is 192 Å². The number of aromatic nitrogens is 2. The first-order valence-corrected chi connectivity index (χ1v) is 19.0. The molecule has 260 valence electrons. The lowest BCUT2D eigenvalue weighted by molar-refractivity contribution is 0.476. The second-order valence-electron chi connectivity index (χ2n) is 15.4. The highest BCUT2D eigenvalue weighted by molar-refractivity contribution is 6.13. The number of ether oxygens (including phenoxy) is 1. The lowest BCUT2D eigenvalue weighted by Gasteiger charge is -2.42. The molecule has 4 heteroatoms. The smallest absolute Gasteiger partial charge is 0.152 e. The van der Waals surface area contributed by atoms with Crippen molar-refractivity contribution in [1.82, 2.24) is 9.13 Å². The first kappa shape index (κ1) is 30.4. The summed E-state index contributed by atoms with van der Waals surface area (Å²) in [5.74, 6) is 1.78. The van der Waals surface area contributed by atoms with Gasteiger partial charge < -0.3 is 18.8 Å². The van der Waals surface area contributed by atoms with Gasteiger partial charge in [0.2, 0.25) is 0 Å². The molecule has 2 aliphatic rings. The molecular formula is C51H35N3O. The highest BCUT2D eigenvalue weighted by Gasteiger charge is 2.36. The van der Waals surface area contributed by atoms with Gasteiger partial charge in [0.15, 0.2) is 11.5 Å². The molecule has 0 atom stereocenters. The van der Waals surface area contributed by atoms with Crippen molar-refractivity contribution in [2.24, 2.45) is 0 Å². The zero-order valence-electron chi connectivity index (χ0n) is 30.5. The minimum absolute atomic E-state index is 0.0983. The summed E-state index contributed by atoms with van der Waals surface area (Å²) < 4.78 is 11.1. The fourth-order valence-electron chi connectivity index (χ4n) is 9.52. The number of benzene rings is 8. The van der Waals surface area contributed by atoms with Crippen molar-refractivity contribution in [2.45, 2.75) is 19.3 Å². The molecule has 0 amide bonds. The van der Waals surface area contributed by atoms with Crippen molar-refractivity contribution in [3.63, 3.8) is 0 Å². The monoisotopic (exact) mass is 705 g/mol. The highest BCUT2D eigenvalue weighted by atomic mass is 16.5. The van der Waals surface area contributed by atoms with Gasteiger partial charge in [-0.15, -0.1) is 0 Å². The van der Waals surface area contributed by atoms with E-state index >= 15 is 0 Å². The minimum Gasteiger partial charge on any atom is -0.453 e. The highest BCUT2D eigenvalue weighted by Crippen LogP contribution is 2.52. The molecule has 0 spiro atoms. The number of rotatable bonds is 3. The fraction of sp³-hybridized carbons (Fsp3) is 0.0588. The molecular weight excluding hydrogens is 671 g/mol. The molecule has 10 aromatic rings. The molecule has 0 radical (unpaired) electrons. The Morgan fingerprint density at radius 2 is 0.964 bits per heavy atom. The van der Waals surface area contributed by atoms with Crippen molar-refractivity contribution >= 4 is 60.7 Å². The Balaban J connectivity index is 0.974. The number of hydrogen-bond acceptors (Lipinski definition) is 2. The molecule has 0 saturated heterocycles. The maximum absolute atomic E-state index is 6.35. The van der Waals surface area contributed by atoms with Gasteiger partial charge in [-0.2, -0.15) is 0 Å². The molecule has 0 N–H and O–H groups in total. The molecule has 55 heavy (non-hydrogen) atoms. The number of anilines is 3. The van der Waals surface area contributed by atoms with E-state index in [0.29, 0.717) is 0 Å². The predicted octanol–water partition coefficient (Wildman–Crippen LogP) is 13.8. The minimum atomic E-state index is -0.0983. The van der Waals surface area contributed by atoms with Crippen molar-refractivity contribution in [3.8, 4) is 34.0 Å². The first-order chi connectivity index (χ1) is 27.0. The van der Waals surface area contributed by atoms with Crippen LogP contribution in [-0.2, 0) is 5.41 Å². The Labute approximate surface area is 318 Å². The summed E-state index contributed by atoms with van der Waals surface area (Å²) in [6.45, 7) is 4.68. The zero-order chi connectivity index (χ0) is 36.4. The average Bonchev–Trinajstić information content (AvgIpc) is 3.75. The summed E-state index contributed by atoms with van der Waals surface area (Å²) in [5, 5.41) is 4.90. The Kier molecular flexibility index (Phi) is 6.09. The molecule has 0 bridgehead atoms. The Morgan fingerprint density at radius 1 is 0.400 bits per heavy atom. The summed E-state index contributed by atoms with van der Waals surface area (Å²) in [6.07, 6.45) is 0. The van der Waals surface area contributed by atoms with Gasteiger partial charge in [0.25, 0.3) is 0 Å². The third-order valence-corrected chi connectivity index (χ3v) is 12.1. The van der Waals surface area contributed by atoms with Crippen LogP contribution in [0.25, 0.3) is 66.1 Å². The topological polar surface area (TPSA) is 22.3 Å². The Bertz CT molecular complexity index is 3170. The molecule has 12 rings (SSSR count). The van der Waals surface area contributed by atoms with Gasteiger partial charge in [-0.25, -0.2) is 0 Å². The van der Waals surface area contributed by atoms with E-state index in [0.717, 1.165) is 34.1 Å². The van der Waals surface area contributed by atoms with Gasteiger partial charge in [-0.05, 0) is 101 Å². The Morgan fingerprint density at radius 3 is 1.76 bits per heavy atom.